The summed E-state index contributed by atoms with van der Waals surface area (Å²) in [5.74, 6) is -0.205. The van der Waals surface area contributed by atoms with E-state index in [0.29, 0.717) is 29.4 Å². The Morgan fingerprint density at radius 3 is 2.45 bits per heavy atom. The molecule has 3 rings (SSSR count). The first-order valence-electron chi connectivity index (χ1n) is 9.01. The van der Waals surface area contributed by atoms with E-state index in [9.17, 15) is 9.59 Å². The molecule has 1 heterocycles. The van der Waals surface area contributed by atoms with Gasteiger partial charge in [-0.3, -0.25) is 14.9 Å². The molecule has 0 aliphatic carbocycles. The van der Waals surface area contributed by atoms with Gasteiger partial charge >= 0.3 is 0 Å². The van der Waals surface area contributed by atoms with Crippen molar-refractivity contribution in [2.24, 2.45) is 0 Å². The summed E-state index contributed by atoms with van der Waals surface area (Å²) in [7, 11) is 0. The average molecular weight is 496 g/mol. The molecule has 1 fully saturated rings. The molecule has 2 amide bonds. The van der Waals surface area contributed by atoms with Crippen LogP contribution in [-0.4, -0.2) is 48.0 Å². The number of carbonyl (C=O) groups is 2. The lowest BCUT2D eigenvalue weighted by Gasteiger charge is -2.36. The number of thiocarbonyl (C=S) groups is 1. The Hall–Kier alpha value is -2.16. The maximum absolute atomic E-state index is 12.3. The second kappa shape index (κ2) is 9.56. The smallest absolute Gasteiger partial charge is 0.257 e. The summed E-state index contributed by atoms with van der Waals surface area (Å²) in [5.41, 5.74) is 2.09. The first-order valence-corrected chi connectivity index (χ1v) is 10.6. The summed E-state index contributed by atoms with van der Waals surface area (Å²) in [6, 6.07) is 12.6. The molecule has 2 aromatic carbocycles. The number of rotatable bonds is 3. The molecule has 0 spiro atoms. The van der Waals surface area contributed by atoms with Crippen LogP contribution in [0.1, 0.15) is 17.3 Å². The predicted octanol–water partition coefficient (Wildman–Crippen LogP) is 3.90. The number of hydrogen-bond acceptors (Lipinski definition) is 4. The zero-order valence-electron chi connectivity index (χ0n) is 15.7. The highest BCUT2D eigenvalue weighted by Gasteiger charge is 2.20. The molecule has 0 saturated carbocycles. The van der Waals surface area contributed by atoms with Crippen LogP contribution < -0.4 is 15.5 Å². The van der Waals surface area contributed by atoms with Gasteiger partial charge in [-0.15, -0.1) is 0 Å². The SMILES string of the molecule is CC(=O)N1CCN(c2ccc(NC(=S)NC(=O)c3cccc(Br)c3)cc2Cl)CC1. The Morgan fingerprint density at radius 1 is 1.10 bits per heavy atom. The monoisotopic (exact) mass is 494 g/mol. The van der Waals surface area contributed by atoms with E-state index in [1.807, 2.05) is 23.1 Å². The lowest BCUT2D eigenvalue weighted by molar-refractivity contribution is -0.129. The third-order valence-electron chi connectivity index (χ3n) is 4.59. The van der Waals surface area contributed by atoms with Crippen molar-refractivity contribution in [1.29, 1.82) is 0 Å². The van der Waals surface area contributed by atoms with E-state index in [0.717, 1.165) is 23.2 Å². The molecule has 0 bridgehead atoms. The van der Waals surface area contributed by atoms with Crippen molar-refractivity contribution >= 4 is 68.1 Å². The normalized spacial score (nSPS) is 13.8. The minimum absolute atomic E-state index is 0.0914. The highest BCUT2D eigenvalue weighted by molar-refractivity contribution is 9.10. The molecule has 1 aliphatic heterocycles. The highest BCUT2D eigenvalue weighted by Crippen LogP contribution is 2.29. The lowest BCUT2D eigenvalue weighted by atomic mass is 10.2. The van der Waals surface area contributed by atoms with Crippen LogP contribution in [0.5, 0.6) is 0 Å². The van der Waals surface area contributed by atoms with Crippen LogP contribution in [0.4, 0.5) is 11.4 Å². The van der Waals surface area contributed by atoms with Crippen molar-refractivity contribution in [3.63, 3.8) is 0 Å². The Morgan fingerprint density at radius 2 is 1.83 bits per heavy atom. The summed E-state index contributed by atoms with van der Waals surface area (Å²) < 4.78 is 0.815. The van der Waals surface area contributed by atoms with Crippen LogP contribution in [0.3, 0.4) is 0 Å². The Balaban J connectivity index is 1.59. The molecule has 152 valence electrons. The number of anilines is 2. The highest BCUT2D eigenvalue weighted by atomic mass is 79.9. The number of halogens is 2. The van der Waals surface area contributed by atoms with Gasteiger partial charge in [0.25, 0.3) is 5.91 Å². The third kappa shape index (κ3) is 5.68. The van der Waals surface area contributed by atoms with Gasteiger partial charge in [-0.2, -0.15) is 0 Å². The first-order chi connectivity index (χ1) is 13.8. The summed E-state index contributed by atoms with van der Waals surface area (Å²) >= 11 is 15.0. The van der Waals surface area contributed by atoms with Gasteiger partial charge in [0.2, 0.25) is 5.91 Å². The van der Waals surface area contributed by atoms with Crippen molar-refractivity contribution in [3.05, 3.63) is 57.5 Å². The van der Waals surface area contributed by atoms with Crippen LogP contribution in [0, 0.1) is 0 Å². The molecule has 2 N–H and O–H groups in total. The summed E-state index contributed by atoms with van der Waals surface area (Å²) in [6.45, 7) is 4.40. The lowest BCUT2D eigenvalue weighted by Crippen LogP contribution is -2.48. The van der Waals surface area contributed by atoms with Crippen molar-refractivity contribution in [2.45, 2.75) is 6.92 Å². The van der Waals surface area contributed by atoms with Gasteiger partial charge in [-0.05, 0) is 48.6 Å². The summed E-state index contributed by atoms with van der Waals surface area (Å²) in [6.07, 6.45) is 0. The predicted molar refractivity (Wildman–Crippen MR) is 124 cm³/mol. The number of piperazine rings is 1. The van der Waals surface area contributed by atoms with Crippen molar-refractivity contribution in [1.82, 2.24) is 10.2 Å². The average Bonchev–Trinajstić information content (AvgIpc) is 2.68. The second-order valence-corrected chi connectivity index (χ2v) is 8.31. The first kappa shape index (κ1) is 21.5. The van der Waals surface area contributed by atoms with Gasteiger partial charge in [-0.1, -0.05) is 33.6 Å². The van der Waals surface area contributed by atoms with Crippen LogP contribution in [0.25, 0.3) is 0 Å². The van der Waals surface area contributed by atoms with E-state index >= 15 is 0 Å². The van der Waals surface area contributed by atoms with Gasteiger partial charge < -0.3 is 15.1 Å². The van der Waals surface area contributed by atoms with E-state index < -0.39 is 0 Å². The fourth-order valence-corrected chi connectivity index (χ4v) is 3.98. The van der Waals surface area contributed by atoms with Gasteiger partial charge in [0, 0.05) is 48.8 Å². The molecule has 9 heteroatoms. The molecule has 1 saturated heterocycles. The molecule has 6 nitrogen and oxygen atoms in total. The Labute approximate surface area is 188 Å². The summed E-state index contributed by atoms with van der Waals surface area (Å²) in [5, 5.41) is 6.40. The third-order valence-corrected chi connectivity index (χ3v) is 5.59. The number of nitrogens with zero attached hydrogens (tertiary/aromatic N) is 2. The zero-order chi connectivity index (χ0) is 21.0. The van der Waals surface area contributed by atoms with E-state index in [1.165, 1.54) is 0 Å². The van der Waals surface area contributed by atoms with Crippen molar-refractivity contribution in [2.75, 3.05) is 36.4 Å². The molecular formula is C20H20BrClN4O2S. The van der Waals surface area contributed by atoms with E-state index in [1.54, 1.807) is 31.2 Å². The van der Waals surface area contributed by atoms with Gasteiger partial charge in [-0.25, -0.2) is 0 Å². The number of benzene rings is 2. The van der Waals surface area contributed by atoms with Crippen molar-refractivity contribution in [3.8, 4) is 0 Å². The topological polar surface area (TPSA) is 64.7 Å². The fraction of sp³-hybridized carbons (Fsp3) is 0.250. The van der Waals surface area contributed by atoms with Crippen LogP contribution in [-0.2, 0) is 4.79 Å². The largest absolute Gasteiger partial charge is 0.367 e. The number of nitrogens with one attached hydrogen (secondary N) is 2. The molecule has 0 unspecified atom stereocenters. The van der Waals surface area contributed by atoms with Gasteiger partial charge in [0.15, 0.2) is 5.11 Å². The van der Waals surface area contributed by atoms with Gasteiger partial charge in [0.05, 0.1) is 10.7 Å². The molecule has 0 atom stereocenters. The quantitative estimate of drug-likeness (QED) is 0.633. The molecule has 1 aliphatic rings. The zero-order valence-corrected chi connectivity index (χ0v) is 18.9. The standard InChI is InChI=1S/C20H20BrClN4O2S/c1-13(27)25-7-9-26(10-8-25)18-6-5-16(12-17(18)22)23-20(29)24-19(28)14-3-2-4-15(21)11-14/h2-6,11-12H,7-10H2,1H3,(H2,23,24,28,29). The van der Waals surface area contributed by atoms with Gasteiger partial charge in [0.1, 0.15) is 0 Å². The molecular weight excluding hydrogens is 476 g/mol. The maximum Gasteiger partial charge on any atom is 0.257 e. The van der Waals surface area contributed by atoms with Crippen molar-refractivity contribution < 1.29 is 9.59 Å². The number of amides is 2. The molecule has 2 aromatic rings. The number of hydrogen-bond donors (Lipinski definition) is 2. The van der Waals surface area contributed by atoms with E-state index in [-0.39, 0.29) is 16.9 Å². The van der Waals surface area contributed by atoms with Crippen LogP contribution in [0.15, 0.2) is 46.9 Å². The minimum Gasteiger partial charge on any atom is -0.367 e. The Bertz CT molecular complexity index is 948. The molecule has 29 heavy (non-hydrogen) atoms. The maximum atomic E-state index is 12.3. The molecule has 0 aromatic heterocycles. The van der Waals surface area contributed by atoms with E-state index in [2.05, 4.69) is 31.5 Å². The Kier molecular flexibility index (Phi) is 7.10. The minimum atomic E-state index is -0.296. The van der Waals surface area contributed by atoms with E-state index in [4.69, 9.17) is 23.8 Å². The second-order valence-electron chi connectivity index (χ2n) is 6.58. The molecule has 0 radical (unpaired) electrons. The van der Waals surface area contributed by atoms with Crippen LogP contribution in [0.2, 0.25) is 5.02 Å². The summed E-state index contributed by atoms with van der Waals surface area (Å²) in [4.78, 5) is 27.7. The number of carbonyl (C=O) groups excluding carboxylic acids is 2. The fourth-order valence-electron chi connectivity index (χ4n) is 3.07. The van der Waals surface area contributed by atoms with Crippen LogP contribution >= 0.6 is 39.7 Å².